The molecule has 1 N–H and O–H groups in total. The highest BCUT2D eigenvalue weighted by molar-refractivity contribution is 5.87. The van der Waals surface area contributed by atoms with Crippen molar-refractivity contribution in [2.45, 2.75) is 18.9 Å². The lowest BCUT2D eigenvalue weighted by Crippen LogP contribution is -2.42. The van der Waals surface area contributed by atoms with Gasteiger partial charge in [-0.1, -0.05) is 0 Å². The average Bonchev–Trinajstić information content (AvgIpc) is 2.43. The van der Waals surface area contributed by atoms with Crippen LogP contribution >= 0.6 is 0 Å². The fourth-order valence-corrected chi connectivity index (χ4v) is 1.58. The number of rotatable bonds is 4. The van der Waals surface area contributed by atoms with Crippen LogP contribution in [-0.4, -0.2) is 60.0 Å². The molecule has 1 amide bonds. The molecule has 1 aliphatic rings. The summed E-state index contributed by atoms with van der Waals surface area (Å²) >= 11 is 0. The van der Waals surface area contributed by atoms with Gasteiger partial charge in [0.05, 0.1) is 0 Å². The van der Waals surface area contributed by atoms with E-state index in [9.17, 15) is 9.59 Å². The van der Waals surface area contributed by atoms with E-state index < -0.39 is 12.0 Å². The fraction of sp³-hybridized carbons (Fsp3) is 0.778. The number of carboxylic acids is 1. The summed E-state index contributed by atoms with van der Waals surface area (Å²) in [7, 11) is 3.80. The lowest BCUT2D eigenvalue weighted by Gasteiger charge is -2.23. The number of hydrogen-bond donors (Lipinski definition) is 1. The number of carbonyl (C=O) groups excluding carboxylic acids is 1. The summed E-state index contributed by atoms with van der Waals surface area (Å²) < 4.78 is 0. The number of likely N-dealkylation sites (N-methyl/N-ethyl adjacent to an activating group) is 1. The molecule has 0 spiro atoms. The van der Waals surface area contributed by atoms with Gasteiger partial charge in [0.1, 0.15) is 6.04 Å². The van der Waals surface area contributed by atoms with E-state index in [-0.39, 0.29) is 5.91 Å². The van der Waals surface area contributed by atoms with Crippen molar-refractivity contribution >= 4 is 11.9 Å². The van der Waals surface area contributed by atoms with Gasteiger partial charge >= 0.3 is 5.97 Å². The number of carbonyl (C=O) groups is 2. The van der Waals surface area contributed by atoms with Crippen molar-refractivity contribution in [1.82, 2.24) is 9.80 Å². The molecule has 0 aromatic rings. The topological polar surface area (TPSA) is 60.9 Å². The van der Waals surface area contributed by atoms with Gasteiger partial charge in [-0.2, -0.15) is 0 Å². The number of nitrogens with zero attached hydrogens (tertiary/aromatic N) is 2. The Hall–Kier alpha value is -1.10. The summed E-state index contributed by atoms with van der Waals surface area (Å²) in [5.74, 6) is -0.936. The zero-order chi connectivity index (χ0) is 10.7. The zero-order valence-corrected chi connectivity index (χ0v) is 8.56. The van der Waals surface area contributed by atoms with Crippen molar-refractivity contribution in [2.24, 2.45) is 0 Å². The van der Waals surface area contributed by atoms with Crippen LogP contribution in [0.2, 0.25) is 0 Å². The summed E-state index contributed by atoms with van der Waals surface area (Å²) in [6.45, 7) is 1.21. The minimum Gasteiger partial charge on any atom is -0.480 e. The molecule has 0 radical (unpaired) electrons. The molecular weight excluding hydrogens is 184 g/mol. The van der Waals surface area contributed by atoms with Gasteiger partial charge in [0.25, 0.3) is 0 Å². The van der Waals surface area contributed by atoms with Gasteiger partial charge in [-0.05, 0) is 20.5 Å². The van der Waals surface area contributed by atoms with Crippen LogP contribution in [0.5, 0.6) is 0 Å². The Labute approximate surface area is 83.3 Å². The predicted molar refractivity (Wildman–Crippen MR) is 50.9 cm³/mol. The lowest BCUT2D eigenvalue weighted by atomic mass is 10.2. The van der Waals surface area contributed by atoms with Gasteiger partial charge < -0.3 is 14.9 Å². The third kappa shape index (κ3) is 2.45. The smallest absolute Gasteiger partial charge is 0.326 e. The molecule has 1 heterocycles. The molecule has 0 aromatic heterocycles. The van der Waals surface area contributed by atoms with Crippen LogP contribution in [0.15, 0.2) is 0 Å². The second kappa shape index (κ2) is 4.41. The van der Waals surface area contributed by atoms with Gasteiger partial charge in [0, 0.05) is 19.5 Å². The number of amides is 1. The van der Waals surface area contributed by atoms with E-state index in [4.69, 9.17) is 5.11 Å². The molecule has 14 heavy (non-hydrogen) atoms. The van der Waals surface area contributed by atoms with E-state index in [1.807, 2.05) is 19.0 Å². The molecule has 0 saturated carbocycles. The summed E-state index contributed by atoms with van der Waals surface area (Å²) in [5, 5.41) is 8.86. The van der Waals surface area contributed by atoms with Crippen molar-refractivity contribution in [3.63, 3.8) is 0 Å². The summed E-state index contributed by atoms with van der Waals surface area (Å²) in [5.41, 5.74) is 0. The van der Waals surface area contributed by atoms with Crippen LogP contribution in [0.4, 0.5) is 0 Å². The van der Waals surface area contributed by atoms with Crippen molar-refractivity contribution in [3.8, 4) is 0 Å². The first-order chi connectivity index (χ1) is 6.52. The molecular formula is C9H16N2O3. The Balaban J connectivity index is 2.54. The molecule has 1 fully saturated rings. The van der Waals surface area contributed by atoms with Crippen molar-refractivity contribution < 1.29 is 14.7 Å². The van der Waals surface area contributed by atoms with Crippen molar-refractivity contribution in [2.75, 3.05) is 27.2 Å². The summed E-state index contributed by atoms with van der Waals surface area (Å²) in [6, 6.07) is -0.609. The van der Waals surface area contributed by atoms with Gasteiger partial charge in [0.2, 0.25) is 5.91 Å². The highest BCUT2D eigenvalue weighted by Crippen LogP contribution is 2.18. The first-order valence-corrected chi connectivity index (χ1v) is 4.69. The van der Waals surface area contributed by atoms with E-state index >= 15 is 0 Å². The van der Waals surface area contributed by atoms with Crippen LogP contribution in [0.1, 0.15) is 12.8 Å². The van der Waals surface area contributed by atoms with E-state index in [0.717, 1.165) is 0 Å². The Morgan fingerprint density at radius 2 is 2.29 bits per heavy atom. The predicted octanol–water partition coefficient (Wildman–Crippen LogP) is -0.376. The fourth-order valence-electron chi connectivity index (χ4n) is 1.58. The Bertz CT molecular complexity index is 240. The zero-order valence-electron chi connectivity index (χ0n) is 8.56. The maximum atomic E-state index is 11.3. The van der Waals surface area contributed by atoms with Crippen LogP contribution in [0, 0.1) is 0 Å². The first kappa shape index (κ1) is 11.0. The first-order valence-electron chi connectivity index (χ1n) is 4.69. The normalized spacial score (nSPS) is 22.1. The van der Waals surface area contributed by atoms with Crippen molar-refractivity contribution in [1.29, 1.82) is 0 Å². The van der Waals surface area contributed by atoms with Crippen LogP contribution < -0.4 is 0 Å². The van der Waals surface area contributed by atoms with Gasteiger partial charge in [-0.25, -0.2) is 4.79 Å². The van der Waals surface area contributed by atoms with E-state index in [0.29, 0.717) is 25.9 Å². The molecule has 5 nitrogen and oxygen atoms in total. The van der Waals surface area contributed by atoms with E-state index in [1.165, 1.54) is 4.90 Å². The second-order valence-corrected chi connectivity index (χ2v) is 3.78. The summed E-state index contributed by atoms with van der Waals surface area (Å²) in [4.78, 5) is 25.5. The maximum Gasteiger partial charge on any atom is 0.326 e. The number of hydrogen-bond acceptors (Lipinski definition) is 3. The lowest BCUT2D eigenvalue weighted by molar-refractivity contribution is -0.146. The molecule has 1 aliphatic heterocycles. The Kier molecular flexibility index (Phi) is 3.46. The Morgan fingerprint density at radius 1 is 1.64 bits per heavy atom. The average molecular weight is 200 g/mol. The SMILES string of the molecule is CN(C)CCN1C(=O)CCC1C(=O)O. The molecule has 1 saturated heterocycles. The number of carboxylic acid groups (broad SMARTS) is 1. The molecule has 0 aliphatic carbocycles. The van der Waals surface area contributed by atoms with Gasteiger partial charge in [0.15, 0.2) is 0 Å². The minimum atomic E-state index is -0.894. The Morgan fingerprint density at radius 3 is 2.79 bits per heavy atom. The van der Waals surface area contributed by atoms with Crippen molar-refractivity contribution in [3.05, 3.63) is 0 Å². The summed E-state index contributed by atoms with van der Waals surface area (Å²) in [6.07, 6.45) is 0.811. The molecule has 0 bridgehead atoms. The van der Waals surface area contributed by atoms with Crippen LogP contribution in [0.25, 0.3) is 0 Å². The largest absolute Gasteiger partial charge is 0.480 e. The number of likely N-dealkylation sites (tertiary alicyclic amines) is 1. The minimum absolute atomic E-state index is 0.0424. The third-order valence-corrected chi connectivity index (χ3v) is 2.40. The number of aliphatic carboxylic acids is 1. The molecule has 1 atom stereocenters. The van der Waals surface area contributed by atoms with E-state index in [2.05, 4.69) is 0 Å². The molecule has 1 unspecified atom stereocenters. The van der Waals surface area contributed by atoms with Crippen LogP contribution in [0.3, 0.4) is 0 Å². The van der Waals surface area contributed by atoms with E-state index in [1.54, 1.807) is 0 Å². The monoisotopic (exact) mass is 200 g/mol. The second-order valence-electron chi connectivity index (χ2n) is 3.78. The third-order valence-electron chi connectivity index (χ3n) is 2.40. The van der Waals surface area contributed by atoms with Gasteiger partial charge in [-0.3, -0.25) is 4.79 Å². The quantitative estimate of drug-likeness (QED) is 0.672. The molecule has 0 aromatic carbocycles. The molecule has 80 valence electrons. The highest BCUT2D eigenvalue weighted by atomic mass is 16.4. The molecule has 5 heteroatoms. The maximum absolute atomic E-state index is 11.3. The van der Waals surface area contributed by atoms with Crippen LogP contribution in [-0.2, 0) is 9.59 Å². The molecule has 1 rings (SSSR count). The standard InChI is InChI=1S/C9H16N2O3/c1-10(2)5-6-11-7(9(13)14)3-4-8(11)12/h7H,3-6H2,1-2H3,(H,13,14). The van der Waals surface area contributed by atoms with Gasteiger partial charge in [-0.15, -0.1) is 0 Å². The highest BCUT2D eigenvalue weighted by Gasteiger charge is 2.35.